The molecule has 0 radical (unpaired) electrons. The third-order valence-corrected chi connectivity index (χ3v) is 4.35. The van der Waals surface area contributed by atoms with Gasteiger partial charge in [-0.15, -0.1) is 0 Å². The van der Waals surface area contributed by atoms with Gasteiger partial charge in [-0.3, -0.25) is 4.79 Å². The molecule has 0 aliphatic carbocycles. The number of carbonyl (C=O) groups excluding carboxylic acids is 1. The van der Waals surface area contributed by atoms with E-state index in [1.165, 1.54) is 0 Å². The average molecular weight is 355 g/mol. The fraction of sp³-hybridized carbons (Fsp3) is 0.381. The third kappa shape index (κ3) is 5.49. The van der Waals surface area contributed by atoms with Crippen molar-refractivity contribution in [3.63, 3.8) is 0 Å². The summed E-state index contributed by atoms with van der Waals surface area (Å²) in [7, 11) is 1.64. The number of amides is 1. The standard InChI is InChI=1S/C21H25NO4/c1-24-18-7-2-5-16(13-18)10-11-21(23)22-17-6-3-8-19(14-17)26-15-20-9-4-12-25-20/h2-3,5-8,13-14,20H,4,9-12,15H2,1H3,(H,22,23). The van der Waals surface area contributed by atoms with Gasteiger partial charge in [0, 0.05) is 24.8 Å². The van der Waals surface area contributed by atoms with Crippen LogP contribution >= 0.6 is 0 Å². The summed E-state index contributed by atoms with van der Waals surface area (Å²) in [6.45, 7) is 1.37. The van der Waals surface area contributed by atoms with Crippen LogP contribution in [0.2, 0.25) is 0 Å². The summed E-state index contributed by atoms with van der Waals surface area (Å²) in [6.07, 6.45) is 3.39. The van der Waals surface area contributed by atoms with Crippen molar-refractivity contribution < 1.29 is 19.0 Å². The second kappa shape index (κ2) is 9.25. The molecular weight excluding hydrogens is 330 g/mol. The number of benzene rings is 2. The van der Waals surface area contributed by atoms with Crippen molar-refractivity contribution >= 4 is 11.6 Å². The van der Waals surface area contributed by atoms with E-state index in [0.717, 1.165) is 42.2 Å². The van der Waals surface area contributed by atoms with Gasteiger partial charge in [0.2, 0.25) is 5.91 Å². The van der Waals surface area contributed by atoms with Gasteiger partial charge < -0.3 is 19.5 Å². The molecule has 26 heavy (non-hydrogen) atoms. The van der Waals surface area contributed by atoms with Crippen LogP contribution in [-0.4, -0.2) is 32.3 Å². The number of methoxy groups -OCH3 is 1. The van der Waals surface area contributed by atoms with Crippen LogP contribution in [0.4, 0.5) is 5.69 Å². The summed E-state index contributed by atoms with van der Waals surface area (Å²) < 4.78 is 16.5. The van der Waals surface area contributed by atoms with Gasteiger partial charge in [0.05, 0.1) is 13.2 Å². The van der Waals surface area contributed by atoms with Gasteiger partial charge in [0.1, 0.15) is 18.1 Å². The summed E-state index contributed by atoms with van der Waals surface area (Å²) in [6, 6.07) is 15.2. The highest BCUT2D eigenvalue weighted by Gasteiger charge is 2.16. The maximum Gasteiger partial charge on any atom is 0.224 e. The Balaban J connectivity index is 1.48. The maximum absolute atomic E-state index is 12.2. The maximum atomic E-state index is 12.2. The quantitative estimate of drug-likeness (QED) is 0.782. The van der Waals surface area contributed by atoms with Crippen LogP contribution in [0.1, 0.15) is 24.8 Å². The zero-order valence-electron chi connectivity index (χ0n) is 15.1. The molecule has 3 rings (SSSR count). The highest BCUT2D eigenvalue weighted by Crippen LogP contribution is 2.20. The summed E-state index contributed by atoms with van der Waals surface area (Å²) in [5.41, 5.74) is 1.82. The van der Waals surface area contributed by atoms with Crippen molar-refractivity contribution in [3.05, 3.63) is 54.1 Å². The molecule has 1 aliphatic rings. The Morgan fingerprint density at radius 1 is 1.19 bits per heavy atom. The van der Waals surface area contributed by atoms with Crippen LogP contribution < -0.4 is 14.8 Å². The molecule has 2 aromatic rings. The average Bonchev–Trinajstić information content (AvgIpc) is 3.19. The fourth-order valence-corrected chi connectivity index (χ4v) is 2.94. The molecule has 138 valence electrons. The Hall–Kier alpha value is -2.53. The molecule has 1 unspecified atom stereocenters. The molecule has 1 atom stereocenters. The van der Waals surface area contributed by atoms with Gasteiger partial charge in [-0.2, -0.15) is 0 Å². The monoisotopic (exact) mass is 355 g/mol. The Bertz CT molecular complexity index is 725. The summed E-state index contributed by atoms with van der Waals surface area (Å²) in [5.74, 6) is 1.52. The minimum atomic E-state index is -0.0240. The first kappa shape index (κ1) is 18.3. The summed E-state index contributed by atoms with van der Waals surface area (Å²) in [5, 5.41) is 2.93. The van der Waals surface area contributed by atoms with Crippen LogP contribution in [0.5, 0.6) is 11.5 Å². The normalized spacial score (nSPS) is 16.3. The van der Waals surface area contributed by atoms with Gasteiger partial charge in [0.25, 0.3) is 0 Å². The number of nitrogens with one attached hydrogen (secondary N) is 1. The number of hydrogen-bond donors (Lipinski definition) is 1. The van der Waals surface area contributed by atoms with Crippen molar-refractivity contribution in [1.82, 2.24) is 0 Å². The predicted molar refractivity (Wildman–Crippen MR) is 101 cm³/mol. The van der Waals surface area contributed by atoms with Crippen LogP contribution in [0.25, 0.3) is 0 Å². The lowest BCUT2D eigenvalue weighted by atomic mass is 10.1. The number of carbonyl (C=O) groups is 1. The predicted octanol–water partition coefficient (Wildman–Crippen LogP) is 3.82. The minimum Gasteiger partial charge on any atom is -0.497 e. The smallest absolute Gasteiger partial charge is 0.224 e. The fourth-order valence-electron chi connectivity index (χ4n) is 2.94. The highest BCUT2D eigenvalue weighted by molar-refractivity contribution is 5.91. The topological polar surface area (TPSA) is 56.8 Å². The van der Waals surface area contributed by atoms with E-state index in [1.54, 1.807) is 7.11 Å². The molecule has 1 saturated heterocycles. The molecular formula is C21H25NO4. The molecule has 1 heterocycles. The molecule has 1 aliphatic heterocycles. The van der Waals surface area contributed by atoms with Crippen molar-refractivity contribution in [2.45, 2.75) is 31.8 Å². The second-order valence-corrected chi connectivity index (χ2v) is 6.37. The van der Waals surface area contributed by atoms with E-state index in [1.807, 2.05) is 48.5 Å². The second-order valence-electron chi connectivity index (χ2n) is 6.37. The van der Waals surface area contributed by atoms with Crippen molar-refractivity contribution in [2.75, 3.05) is 25.6 Å². The Kier molecular flexibility index (Phi) is 6.50. The van der Waals surface area contributed by atoms with E-state index < -0.39 is 0 Å². The van der Waals surface area contributed by atoms with E-state index in [0.29, 0.717) is 19.4 Å². The number of hydrogen-bond acceptors (Lipinski definition) is 4. The molecule has 1 amide bonds. The molecule has 0 bridgehead atoms. The molecule has 1 fully saturated rings. The molecule has 0 saturated carbocycles. The largest absolute Gasteiger partial charge is 0.497 e. The number of anilines is 1. The number of rotatable bonds is 8. The zero-order chi connectivity index (χ0) is 18.2. The third-order valence-electron chi connectivity index (χ3n) is 4.35. The van der Waals surface area contributed by atoms with Crippen LogP contribution in [0.3, 0.4) is 0 Å². The Morgan fingerprint density at radius 2 is 2.04 bits per heavy atom. The molecule has 1 N–H and O–H groups in total. The first-order valence-electron chi connectivity index (χ1n) is 9.00. The lowest BCUT2D eigenvalue weighted by molar-refractivity contribution is -0.116. The van der Waals surface area contributed by atoms with E-state index in [-0.39, 0.29) is 12.0 Å². The lowest BCUT2D eigenvalue weighted by Gasteiger charge is -2.12. The SMILES string of the molecule is COc1cccc(CCC(=O)Nc2cccc(OCC3CCCO3)c2)c1. The Labute approximate surface area is 154 Å². The number of ether oxygens (including phenoxy) is 3. The number of aryl methyl sites for hydroxylation is 1. The van der Waals surface area contributed by atoms with E-state index in [2.05, 4.69) is 5.32 Å². The molecule has 0 spiro atoms. The lowest BCUT2D eigenvalue weighted by Crippen LogP contribution is -2.16. The molecule has 5 nitrogen and oxygen atoms in total. The summed E-state index contributed by atoms with van der Waals surface area (Å²) in [4.78, 5) is 12.2. The van der Waals surface area contributed by atoms with Gasteiger partial charge in [-0.05, 0) is 49.1 Å². The van der Waals surface area contributed by atoms with Crippen LogP contribution in [-0.2, 0) is 16.0 Å². The van der Waals surface area contributed by atoms with Crippen LogP contribution in [0, 0.1) is 0 Å². The van der Waals surface area contributed by atoms with E-state index in [9.17, 15) is 4.79 Å². The van der Waals surface area contributed by atoms with Crippen LogP contribution in [0.15, 0.2) is 48.5 Å². The first-order valence-corrected chi connectivity index (χ1v) is 9.00. The van der Waals surface area contributed by atoms with Gasteiger partial charge >= 0.3 is 0 Å². The highest BCUT2D eigenvalue weighted by atomic mass is 16.5. The van der Waals surface area contributed by atoms with E-state index >= 15 is 0 Å². The van der Waals surface area contributed by atoms with Gasteiger partial charge in [-0.1, -0.05) is 18.2 Å². The zero-order valence-corrected chi connectivity index (χ0v) is 15.1. The van der Waals surface area contributed by atoms with Crippen molar-refractivity contribution in [1.29, 1.82) is 0 Å². The summed E-state index contributed by atoms with van der Waals surface area (Å²) >= 11 is 0. The van der Waals surface area contributed by atoms with Crippen molar-refractivity contribution in [3.8, 4) is 11.5 Å². The molecule has 2 aromatic carbocycles. The van der Waals surface area contributed by atoms with E-state index in [4.69, 9.17) is 14.2 Å². The van der Waals surface area contributed by atoms with Crippen molar-refractivity contribution in [2.24, 2.45) is 0 Å². The van der Waals surface area contributed by atoms with Gasteiger partial charge in [0.15, 0.2) is 0 Å². The Morgan fingerprint density at radius 3 is 2.85 bits per heavy atom. The first-order chi connectivity index (χ1) is 12.7. The molecule has 0 aromatic heterocycles. The van der Waals surface area contributed by atoms with Gasteiger partial charge in [-0.25, -0.2) is 0 Å². The molecule has 5 heteroatoms. The minimum absolute atomic E-state index is 0.0240.